The first-order valence-corrected chi connectivity index (χ1v) is 10.6. The summed E-state index contributed by atoms with van der Waals surface area (Å²) in [7, 11) is 0. The first kappa shape index (κ1) is 20.2. The van der Waals surface area contributed by atoms with Crippen LogP contribution in [0.15, 0.2) is 24.3 Å². The van der Waals surface area contributed by atoms with Crippen LogP contribution < -0.4 is 10.2 Å². The van der Waals surface area contributed by atoms with Crippen LogP contribution in [0.5, 0.6) is 0 Å². The topological polar surface area (TPSA) is 41.6 Å². The van der Waals surface area contributed by atoms with Crippen LogP contribution in [0, 0.1) is 17.3 Å². The normalized spacial score (nSPS) is 25.1. The number of nitrogens with zero attached hydrogens (tertiary/aromatic N) is 1. The Bertz CT molecular complexity index is 606. The molecule has 1 heterocycles. The zero-order chi connectivity index (χ0) is 19.4. The molecule has 27 heavy (non-hydrogen) atoms. The van der Waals surface area contributed by atoms with Crippen LogP contribution >= 0.6 is 0 Å². The number of nitrogens with one attached hydrogen (secondary N) is 1. The van der Waals surface area contributed by atoms with E-state index in [-0.39, 0.29) is 17.9 Å². The Morgan fingerprint density at radius 2 is 1.67 bits per heavy atom. The van der Waals surface area contributed by atoms with E-state index in [1.807, 2.05) is 0 Å². The lowest BCUT2D eigenvalue weighted by atomic mass is 9.69. The number of hydrogen-bond donors (Lipinski definition) is 1. The van der Waals surface area contributed by atoms with E-state index < -0.39 is 0 Å². The van der Waals surface area contributed by atoms with Crippen molar-refractivity contribution in [1.82, 2.24) is 5.32 Å². The van der Waals surface area contributed by atoms with Crippen molar-refractivity contribution in [3.8, 4) is 0 Å². The van der Waals surface area contributed by atoms with Gasteiger partial charge in [-0.15, -0.1) is 0 Å². The van der Waals surface area contributed by atoms with Gasteiger partial charge in [-0.25, -0.2) is 0 Å². The van der Waals surface area contributed by atoms with Gasteiger partial charge in [-0.3, -0.25) is 4.79 Å². The molecule has 4 nitrogen and oxygen atoms in total. The number of morpholine rings is 1. The molecule has 2 fully saturated rings. The molecule has 1 saturated carbocycles. The van der Waals surface area contributed by atoms with E-state index in [9.17, 15) is 4.79 Å². The molecule has 1 N–H and O–H groups in total. The van der Waals surface area contributed by atoms with Gasteiger partial charge in [0.1, 0.15) is 0 Å². The third kappa shape index (κ3) is 5.25. The van der Waals surface area contributed by atoms with Crippen molar-refractivity contribution >= 4 is 11.6 Å². The van der Waals surface area contributed by atoms with Crippen molar-refractivity contribution in [2.75, 3.05) is 31.2 Å². The Hall–Kier alpha value is -1.55. The van der Waals surface area contributed by atoms with E-state index in [0.29, 0.717) is 5.41 Å². The smallest absolute Gasteiger partial charge is 0.223 e. The molecule has 0 spiro atoms. The molecule has 150 valence electrons. The van der Waals surface area contributed by atoms with Crippen molar-refractivity contribution in [3.05, 3.63) is 29.8 Å². The van der Waals surface area contributed by atoms with Gasteiger partial charge < -0.3 is 15.0 Å². The molecular formula is C23H36N2O2. The number of carbonyl (C=O) groups is 1. The predicted molar refractivity (Wildman–Crippen MR) is 111 cm³/mol. The lowest BCUT2D eigenvalue weighted by Crippen LogP contribution is -2.37. The fourth-order valence-corrected chi connectivity index (χ4v) is 4.43. The minimum atomic E-state index is 0.0524. The molecule has 0 radical (unpaired) electrons. The van der Waals surface area contributed by atoms with Gasteiger partial charge in [0, 0.05) is 24.7 Å². The van der Waals surface area contributed by atoms with Crippen molar-refractivity contribution in [2.24, 2.45) is 17.3 Å². The van der Waals surface area contributed by atoms with Crippen molar-refractivity contribution < 1.29 is 9.53 Å². The lowest BCUT2D eigenvalue weighted by molar-refractivity contribution is -0.127. The number of anilines is 1. The van der Waals surface area contributed by atoms with Gasteiger partial charge in [0.2, 0.25) is 5.91 Å². The molecule has 1 saturated heterocycles. The van der Waals surface area contributed by atoms with Gasteiger partial charge in [0.05, 0.1) is 19.3 Å². The minimum absolute atomic E-state index is 0.0524. The van der Waals surface area contributed by atoms with Crippen LogP contribution in [0.2, 0.25) is 0 Å². The molecule has 1 atom stereocenters. The molecule has 0 bridgehead atoms. The number of rotatable bonds is 4. The molecule has 1 aliphatic carbocycles. The van der Waals surface area contributed by atoms with Gasteiger partial charge >= 0.3 is 0 Å². The number of hydrogen-bond acceptors (Lipinski definition) is 3. The van der Waals surface area contributed by atoms with Gasteiger partial charge in [0.25, 0.3) is 0 Å². The van der Waals surface area contributed by atoms with Gasteiger partial charge in [-0.2, -0.15) is 0 Å². The van der Waals surface area contributed by atoms with Crippen molar-refractivity contribution in [1.29, 1.82) is 0 Å². The largest absolute Gasteiger partial charge is 0.378 e. The molecule has 1 aliphatic heterocycles. The average Bonchev–Trinajstić information content (AvgIpc) is 2.68. The van der Waals surface area contributed by atoms with E-state index in [0.717, 1.165) is 45.1 Å². The van der Waals surface area contributed by atoms with Gasteiger partial charge in [-0.05, 0) is 61.6 Å². The fourth-order valence-electron chi connectivity index (χ4n) is 4.43. The van der Waals surface area contributed by atoms with E-state index in [2.05, 4.69) is 62.2 Å². The number of ether oxygens (including phenoxy) is 1. The zero-order valence-electron chi connectivity index (χ0n) is 17.5. The number of carbonyl (C=O) groups excluding carboxylic acids is 1. The van der Waals surface area contributed by atoms with E-state index in [1.54, 1.807) is 0 Å². The molecule has 0 aromatic heterocycles. The molecule has 1 amide bonds. The zero-order valence-corrected chi connectivity index (χ0v) is 17.5. The maximum absolute atomic E-state index is 12.7. The maximum atomic E-state index is 12.7. The quantitative estimate of drug-likeness (QED) is 0.843. The summed E-state index contributed by atoms with van der Waals surface area (Å²) in [4.78, 5) is 15.1. The Labute approximate surface area is 164 Å². The molecule has 3 rings (SSSR count). The standard InChI is InChI=1S/C23H36N2O2/c1-17(18-7-11-21(12-8-18)25-13-15-27-16-14-25)24-22(26)19-5-9-20(10-6-19)23(2,3)4/h7-8,11-12,17,19-20H,5-6,9-10,13-16H2,1-4H3,(H,24,26). The van der Waals surface area contributed by atoms with Crippen molar-refractivity contribution in [2.45, 2.75) is 59.4 Å². The third-order valence-electron chi connectivity index (χ3n) is 6.45. The molecule has 4 heteroatoms. The second-order valence-electron chi connectivity index (χ2n) is 9.34. The number of amides is 1. The van der Waals surface area contributed by atoms with E-state index in [1.165, 1.54) is 24.1 Å². The highest BCUT2D eigenvalue weighted by atomic mass is 16.5. The van der Waals surface area contributed by atoms with E-state index >= 15 is 0 Å². The highest BCUT2D eigenvalue weighted by Crippen LogP contribution is 2.40. The summed E-state index contributed by atoms with van der Waals surface area (Å²) in [6.07, 6.45) is 4.39. The van der Waals surface area contributed by atoms with Gasteiger partial charge in [-0.1, -0.05) is 32.9 Å². The first-order valence-electron chi connectivity index (χ1n) is 10.6. The summed E-state index contributed by atoms with van der Waals surface area (Å²) in [5, 5.41) is 3.25. The second kappa shape index (κ2) is 8.64. The average molecular weight is 373 g/mol. The summed E-state index contributed by atoms with van der Waals surface area (Å²) in [6, 6.07) is 8.67. The lowest BCUT2D eigenvalue weighted by Gasteiger charge is -2.36. The summed E-state index contributed by atoms with van der Waals surface area (Å²) in [5.74, 6) is 1.15. The monoisotopic (exact) mass is 372 g/mol. The Morgan fingerprint density at radius 1 is 1.07 bits per heavy atom. The maximum Gasteiger partial charge on any atom is 0.223 e. The Morgan fingerprint density at radius 3 is 2.22 bits per heavy atom. The molecular weight excluding hydrogens is 336 g/mol. The number of benzene rings is 1. The van der Waals surface area contributed by atoms with Crippen LogP contribution in [0.1, 0.15) is 65.0 Å². The second-order valence-corrected chi connectivity index (χ2v) is 9.34. The van der Waals surface area contributed by atoms with Crippen LogP contribution in [0.4, 0.5) is 5.69 Å². The van der Waals surface area contributed by atoms with Gasteiger partial charge in [0.15, 0.2) is 0 Å². The molecule has 1 unspecified atom stereocenters. The van der Waals surface area contributed by atoms with Crippen LogP contribution in [-0.2, 0) is 9.53 Å². The van der Waals surface area contributed by atoms with Crippen molar-refractivity contribution in [3.63, 3.8) is 0 Å². The molecule has 1 aromatic rings. The third-order valence-corrected chi connectivity index (χ3v) is 6.45. The summed E-state index contributed by atoms with van der Waals surface area (Å²) < 4.78 is 5.42. The highest BCUT2D eigenvalue weighted by molar-refractivity contribution is 5.79. The summed E-state index contributed by atoms with van der Waals surface area (Å²) in [6.45, 7) is 12.5. The Kier molecular flexibility index (Phi) is 6.46. The summed E-state index contributed by atoms with van der Waals surface area (Å²) >= 11 is 0. The minimum Gasteiger partial charge on any atom is -0.378 e. The van der Waals surface area contributed by atoms with E-state index in [4.69, 9.17) is 4.74 Å². The molecule has 2 aliphatic rings. The molecule has 1 aromatic carbocycles. The van der Waals surface area contributed by atoms with Crippen LogP contribution in [-0.4, -0.2) is 32.2 Å². The fraction of sp³-hybridized carbons (Fsp3) is 0.696. The SMILES string of the molecule is CC(NC(=O)C1CCC(C(C)(C)C)CC1)c1ccc(N2CCOCC2)cc1. The van der Waals surface area contributed by atoms with Crippen LogP contribution in [0.25, 0.3) is 0 Å². The Balaban J connectivity index is 1.51. The highest BCUT2D eigenvalue weighted by Gasteiger charge is 2.32. The first-order chi connectivity index (χ1) is 12.8. The predicted octanol–water partition coefficient (Wildman–Crippen LogP) is 4.55. The van der Waals surface area contributed by atoms with Crippen LogP contribution in [0.3, 0.4) is 0 Å². The summed E-state index contributed by atoms with van der Waals surface area (Å²) in [5.41, 5.74) is 2.77.